The van der Waals surface area contributed by atoms with Crippen LogP contribution < -0.4 is 15.8 Å². The number of carbonyl (C=O) groups is 2. The highest BCUT2D eigenvalue weighted by atomic mass is 32.2. The van der Waals surface area contributed by atoms with Crippen molar-refractivity contribution < 1.29 is 31.5 Å². The summed E-state index contributed by atoms with van der Waals surface area (Å²) in [6.07, 6.45) is 3.28. The number of carbonyl (C=O) groups excluding carboxylic acids is 1. The molecule has 0 bridgehead atoms. The van der Waals surface area contributed by atoms with Crippen LogP contribution in [0.3, 0.4) is 0 Å². The summed E-state index contributed by atoms with van der Waals surface area (Å²) < 4.78 is 53.0. The Morgan fingerprint density at radius 2 is 1.74 bits per heavy atom. The van der Waals surface area contributed by atoms with E-state index < -0.39 is 43.7 Å². The van der Waals surface area contributed by atoms with Gasteiger partial charge in [0.25, 0.3) is 0 Å². The molecule has 0 spiro atoms. The molecule has 2 heterocycles. The number of sulfone groups is 1. The summed E-state index contributed by atoms with van der Waals surface area (Å²) >= 11 is 0.614. The maximum absolute atomic E-state index is 13.2. The van der Waals surface area contributed by atoms with E-state index in [0.29, 0.717) is 23.7 Å². The van der Waals surface area contributed by atoms with Gasteiger partial charge in [-0.05, 0) is 69.0 Å². The van der Waals surface area contributed by atoms with E-state index in [-0.39, 0.29) is 19.7 Å². The standard InChI is InChI=1S/C22H29N3O7S3/c23-15-22(21(27)28,25-35(31,32)17-6-2-1-3-7-17)20(26)18-8-9-19(33-18)34(29,30)14-4-5-16-10-12-24-13-11-16/h1-3,6-9,16,24-25H,4-5,10-15,23H2,(H,27,28). The maximum Gasteiger partial charge on any atom is 0.334 e. The fourth-order valence-corrected chi connectivity index (χ4v) is 8.11. The second-order valence-corrected chi connectivity index (χ2v) is 13.5. The van der Waals surface area contributed by atoms with Gasteiger partial charge in [-0.25, -0.2) is 21.6 Å². The molecule has 0 aliphatic carbocycles. The summed E-state index contributed by atoms with van der Waals surface area (Å²) in [5.74, 6) is -2.53. The molecule has 13 heteroatoms. The maximum atomic E-state index is 13.2. The Kier molecular flexibility index (Phi) is 8.83. The third-order valence-electron chi connectivity index (χ3n) is 6.02. The largest absolute Gasteiger partial charge is 0.479 e. The number of sulfonamides is 1. The first kappa shape index (κ1) is 27.4. The first-order valence-electron chi connectivity index (χ1n) is 11.1. The molecular weight excluding hydrogens is 514 g/mol. The zero-order valence-corrected chi connectivity index (χ0v) is 21.4. The van der Waals surface area contributed by atoms with Gasteiger partial charge in [0.15, 0.2) is 9.84 Å². The van der Waals surface area contributed by atoms with Crippen molar-refractivity contribution in [3.63, 3.8) is 0 Å². The Morgan fingerprint density at radius 1 is 1.09 bits per heavy atom. The SMILES string of the molecule is NCC(NS(=O)(=O)c1ccccc1)(C(=O)O)C(=O)c1ccc(S(=O)(=O)CCCC2CCNCC2)s1. The lowest BCUT2D eigenvalue weighted by atomic mass is 9.94. The molecule has 1 saturated heterocycles. The molecule has 2 aromatic rings. The summed E-state index contributed by atoms with van der Waals surface area (Å²) in [6.45, 7) is 0.978. The Bertz CT molecular complexity index is 1250. The lowest BCUT2D eigenvalue weighted by molar-refractivity contribution is -0.141. The van der Waals surface area contributed by atoms with E-state index in [4.69, 9.17) is 5.73 Å². The van der Waals surface area contributed by atoms with Gasteiger partial charge >= 0.3 is 5.97 Å². The minimum atomic E-state index is -4.42. The van der Waals surface area contributed by atoms with Crippen molar-refractivity contribution in [3.8, 4) is 0 Å². The third kappa shape index (κ3) is 6.35. The number of benzene rings is 1. The van der Waals surface area contributed by atoms with E-state index in [9.17, 15) is 31.5 Å². The fourth-order valence-electron chi connectivity index (χ4n) is 3.95. The van der Waals surface area contributed by atoms with E-state index >= 15 is 0 Å². The number of carboxylic acid groups (broad SMARTS) is 1. The van der Waals surface area contributed by atoms with Gasteiger partial charge in [-0.1, -0.05) is 18.2 Å². The van der Waals surface area contributed by atoms with E-state index in [1.54, 1.807) is 6.07 Å². The Hall–Kier alpha value is -2.16. The number of hydrogen-bond donors (Lipinski definition) is 4. The molecule has 1 aromatic carbocycles. The molecule has 1 aliphatic heterocycles. The Labute approximate surface area is 208 Å². The third-order valence-corrected chi connectivity index (χ3v) is 11.0. The van der Waals surface area contributed by atoms with Gasteiger partial charge < -0.3 is 16.2 Å². The number of carboxylic acids is 1. The van der Waals surface area contributed by atoms with Crippen LogP contribution in [0.4, 0.5) is 0 Å². The quantitative estimate of drug-likeness (QED) is 0.227. The average Bonchev–Trinajstić information content (AvgIpc) is 3.34. The van der Waals surface area contributed by atoms with Crippen molar-refractivity contribution in [1.29, 1.82) is 0 Å². The zero-order valence-electron chi connectivity index (χ0n) is 19.0. The summed E-state index contributed by atoms with van der Waals surface area (Å²) in [6, 6.07) is 9.40. The molecule has 1 unspecified atom stereocenters. The molecule has 35 heavy (non-hydrogen) atoms. The van der Waals surface area contributed by atoms with Crippen molar-refractivity contribution >= 4 is 42.9 Å². The second kappa shape index (κ2) is 11.3. The number of aliphatic carboxylic acids is 1. The van der Waals surface area contributed by atoms with Gasteiger partial charge in [-0.15, -0.1) is 11.3 Å². The molecule has 3 rings (SSSR count). The highest BCUT2D eigenvalue weighted by Gasteiger charge is 2.49. The van der Waals surface area contributed by atoms with Gasteiger partial charge in [-0.3, -0.25) is 4.79 Å². The van der Waals surface area contributed by atoms with Crippen LogP contribution >= 0.6 is 11.3 Å². The summed E-state index contributed by atoms with van der Waals surface area (Å²) in [7, 11) is -8.11. The lowest BCUT2D eigenvalue weighted by Crippen LogP contribution is -2.64. The van der Waals surface area contributed by atoms with Gasteiger partial charge in [0.05, 0.1) is 15.5 Å². The van der Waals surface area contributed by atoms with E-state index in [1.807, 2.05) is 4.72 Å². The van der Waals surface area contributed by atoms with E-state index in [0.717, 1.165) is 32.4 Å². The lowest BCUT2D eigenvalue weighted by Gasteiger charge is -2.26. The minimum absolute atomic E-state index is 0.0756. The first-order valence-corrected chi connectivity index (χ1v) is 15.1. The zero-order chi connectivity index (χ0) is 25.7. The van der Waals surface area contributed by atoms with Gasteiger partial charge in [0.2, 0.25) is 21.3 Å². The summed E-state index contributed by atoms with van der Waals surface area (Å²) in [5.41, 5.74) is 2.92. The predicted octanol–water partition coefficient (Wildman–Crippen LogP) is 1.24. The molecule has 1 fully saturated rings. The number of Topliss-reactive ketones (excluding diaryl/α,β-unsaturated/α-hetero) is 1. The number of nitrogens with two attached hydrogens (primary N) is 1. The van der Waals surface area contributed by atoms with Crippen LogP contribution in [-0.2, 0) is 24.7 Å². The summed E-state index contributed by atoms with van der Waals surface area (Å²) in [5, 5.41) is 13.1. The van der Waals surface area contributed by atoms with Crippen LogP contribution in [0.1, 0.15) is 35.4 Å². The smallest absolute Gasteiger partial charge is 0.334 e. The van der Waals surface area contributed by atoms with Gasteiger partial charge in [0.1, 0.15) is 4.21 Å². The molecule has 192 valence electrons. The number of hydrogen-bond acceptors (Lipinski definition) is 9. The minimum Gasteiger partial charge on any atom is -0.479 e. The van der Waals surface area contributed by atoms with Crippen LogP contribution in [0.5, 0.6) is 0 Å². The van der Waals surface area contributed by atoms with Crippen LogP contribution in [0.2, 0.25) is 0 Å². The van der Waals surface area contributed by atoms with Crippen LogP contribution in [0, 0.1) is 5.92 Å². The highest BCUT2D eigenvalue weighted by Crippen LogP contribution is 2.28. The fraction of sp³-hybridized carbons (Fsp3) is 0.455. The number of nitrogens with one attached hydrogen (secondary N) is 2. The van der Waals surface area contributed by atoms with Gasteiger partial charge in [0, 0.05) is 6.54 Å². The van der Waals surface area contributed by atoms with Crippen LogP contribution in [-0.4, -0.2) is 64.6 Å². The van der Waals surface area contributed by atoms with Crippen molar-refractivity contribution in [2.45, 2.75) is 40.3 Å². The topological polar surface area (TPSA) is 173 Å². The van der Waals surface area contributed by atoms with Crippen LogP contribution in [0.15, 0.2) is 51.6 Å². The molecule has 0 amide bonds. The molecule has 0 saturated carbocycles. The van der Waals surface area contributed by atoms with Crippen molar-refractivity contribution in [1.82, 2.24) is 10.0 Å². The highest BCUT2D eigenvalue weighted by molar-refractivity contribution is 7.93. The van der Waals surface area contributed by atoms with E-state index in [1.165, 1.54) is 36.4 Å². The number of ketones is 1. The number of piperidine rings is 1. The van der Waals surface area contributed by atoms with Crippen molar-refractivity contribution in [2.75, 3.05) is 25.4 Å². The second-order valence-electron chi connectivity index (χ2n) is 8.44. The molecule has 5 N–H and O–H groups in total. The Morgan fingerprint density at radius 3 is 2.34 bits per heavy atom. The van der Waals surface area contributed by atoms with Gasteiger partial charge in [-0.2, -0.15) is 4.72 Å². The molecule has 1 atom stereocenters. The first-order chi connectivity index (χ1) is 16.5. The molecule has 1 aliphatic rings. The monoisotopic (exact) mass is 543 g/mol. The molecular formula is C22H29N3O7S3. The van der Waals surface area contributed by atoms with Crippen molar-refractivity contribution in [3.05, 3.63) is 47.3 Å². The number of rotatable bonds is 12. The van der Waals surface area contributed by atoms with Crippen molar-refractivity contribution in [2.24, 2.45) is 11.7 Å². The average molecular weight is 544 g/mol. The molecule has 0 radical (unpaired) electrons. The normalized spacial score (nSPS) is 17.1. The van der Waals surface area contributed by atoms with Crippen LogP contribution in [0.25, 0.3) is 0 Å². The summed E-state index contributed by atoms with van der Waals surface area (Å²) in [4.78, 5) is 24.9. The Balaban J connectivity index is 1.79. The molecule has 10 nitrogen and oxygen atoms in total. The number of thiophene rings is 1. The molecule has 1 aromatic heterocycles. The van der Waals surface area contributed by atoms with E-state index in [2.05, 4.69) is 5.32 Å². The predicted molar refractivity (Wildman–Crippen MR) is 132 cm³/mol.